The zero-order valence-corrected chi connectivity index (χ0v) is 18.6. The molecule has 0 atom stereocenters. The number of carbonyl (C=O) groups is 1. The quantitative estimate of drug-likeness (QED) is 0.548. The van der Waals surface area contributed by atoms with E-state index >= 15 is 0 Å². The molecule has 2 aromatic carbocycles. The van der Waals surface area contributed by atoms with Crippen molar-refractivity contribution in [2.75, 3.05) is 38.7 Å². The summed E-state index contributed by atoms with van der Waals surface area (Å²) in [7, 11) is 3.90. The molecule has 0 unspecified atom stereocenters. The van der Waals surface area contributed by atoms with Gasteiger partial charge in [0.2, 0.25) is 0 Å². The average Bonchev–Trinajstić information content (AvgIpc) is 3.09. The van der Waals surface area contributed by atoms with E-state index in [9.17, 15) is 9.18 Å². The van der Waals surface area contributed by atoms with E-state index in [-0.39, 0.29) is 30.7 Å². The van der Waals surface area contributed by atoms with Crippen molar-refractivity contribution in [2.45, 2.75) is 13.8 Å². The zero-order valence-electron chi connectivity index (χ0n) is 16.9. The van der Waals surface area contributed by atoms with E-state index in [4.69, 9.17) is 9.72 Å². The van der Waals surface area contributed by atoms with Crippen molar-refractivity contribution in [3.8, 4) is 5.75 Å². The van der Waals surface area contributed by atoms with Crippen molar-refractivity contribution in [1.29, 1.82) is 0 Å². The lowest BCUT2D eigenvalue weighted by molar-refractivity contribution is -0.120. The van der Waals surface area contributed by atoms with Crippen LogP contribution in [0.3, 0.4) is 0 Å². The summed E-state index contributed by atoms with van der Waals surface area (Å²) >= 11 is 1.48. The normalized spacial score (nSPS) is 10.8. The first-order chi connectivity index (χ1) is 13.4. The van der Waals surface area contributed by atoms with Crippen molar-refractivity contribution in [2.24, 2.45) is 0 Å². The molecule has 1 aromatic heterocycles. The third-order valence-corrected chi connectivity index (χ3v) is 5.61. The van der Waals surface area contributed by atoms with Gasteiger partial charge in [-0.15, -0.1) is 12.4 Å². The maximum atomic E-state index is 13.8. The minimum Gasteiger partial charge on any atom is -0.481 e. The number of benzene rings is 2. The van der Waals surface area contributed by atoms with Crippen molar-refractivity contribution in [3.05, 3.63) is 53.3 Å². The first-order valence-corrected chi connectivity index (χ1v) is 9.87. The maximum Gasteiger partial charge on any atom is 0.266 e. The lowest BCUT2D eigenvalue weighted by Crippen LogP contribution is -2.39. The van der Waals surface area contributed by atoms with Crippen LogP contribution in [0.15, 0.2) is 36.4 Å². The monoisotopic (exact) mass is 437 g/mol. The van der Waals surface area contributed by atoms with Crippen LogP contribution in [0.4, 0.5) is 9.52 Å². The summed E-state index contributed by atoms with van der Waals surface area (Å²) in [4.78, 5) is 21.2. The molecule has 0 aliphatic carbocycles. The largest absolute Gasteiger partial charge is 0.481 e. The Balaban J connectivity index is 0.00000300. The fraction of sp³-hybridized carbons (Fsp3) is 0.333. The molecular formula is C21H25ClFN3O2S. The van der Waals surface area contributed by atoms with Crippen LogP contribution in [0.25, 0.3) is 10.2 Å². The number of thiazole rings is 1. The molecule has 3 aromatic rings. The van der Waals surface area contributed by atoms with E-state index in [0.717, 1.165) is 15.8 Å². The van der Waals surface area contributed by atoms with Crippen LogP contribution in [0.1, 0.15) is 11.1 Å². The van der Waals surface area contributed by atoms with Gasteiger partial charge in [-0.2, -0.15) is 0 Å². The second kappa shape index (κ2) is 10.0. The molecule has 0 radical (unpaired) electrons. The fourth-order valence-electron chi connectivity index (χ4n) is 2.74. The molecule has 0 aliphatic heterocycles. The summed E-state index contributed by atoms with van der Waals surface area (Å²) < 4.78 is 20.2. The van der Waals surface area contributed by atoms with Crippen molar-refractivity contribution in [1.82, 2.24) is 9.88 Å². The third kappa shape index (κ3) is 5.44. The third-order valence-electron chi connectivity index (χ3n) is 4.56. The van der Waals surface area contributed by atoms with E-state index in [0.29, 0.717) is 18.2 Å². The summed E-state index contributed by atoms with van der Waals surface area (Å²) in [5, 5.41) is 0.632. The van der Waals surface area contributed by atoms with Gasteiger partial charge >= 0.3 is 0 Å². The maximum absolute atomic E-state index is 13.8. The number of likely N-dealkylation sites (N-methyl/N-ethyl adjacent to an activating group) is 1. The molecular weight excluding hydrogens is 413 g/mol. The van der Waals surface area contributed by atoms with Crippen LogP contribution < -0.4 is 9.64 Å². The molecule has 5 nitrogen and oxygen atoms in total. The van der Waals surface area contributed by atoms with Crippen LogP contribution in [0.2, 0.25) is 0 Å². The number of amides is 1. The zero-order chi connectivity index (χ0) is 20.3. The second-order valence-electron chi connectivity index (χ2n) is 6.92. The minimum absolute atomic E-state index is 0. The molecule has 8 heteroatoms. The highest BCUT2D eigenvalue weighted by Crippen LogP contribution is 2.32. The number of rotatable bonds is 7. The topological polar surface area (TPSA) is 45.7 Å². The summed E-state index contributed by atoms with van der Waals surface area (Å²) in [5.74, 6) is -0.668. The molecule has 3 rings (SSSR count). The van der Waals surface area contributed by atoms with Crippen molar-refractivity contribution in [3.63, 3.8) is 0 Å². The van der Waals surface area contributed by atoms with E-state index in [1.54, 1.807) is 17.0 Å². The molecule has 0 bridgehead atoms. The average molecular weight is 438 g/mol. The number of halogens is 2. The van der Waals surface area contributed by atoms with Crippen molar-refractivity contribution < 1.29 is 13.9 Å². The Bertz CT molecular complexity index is 993. The van der Waals surface area contributed by atoms with Gasteiger partial charge in [0, 0.05) is 13.1 Å². The minimum atomic E-state index is -0.485. The lowest BCUT2D eigenvalue weighted by Gasteiger charge is -2.22. The lowest BCUT2D eigenvalue weighted by atomic mass is 10.1. The number of ether oxygens (including phenoxy) is 1. The molecule has 1 amide bonds. The van der Waals surface area contributed by atoms with Crippen LogP contribution in [0.5, 0.6) is 5.75 Å². The molecule has 0 spiro atoms. The van der Waals surface area contributed by atoms with Gasteiger partial charge in [-0.05, 0) is 57.3 Å². The number of aromatic nitrogens is 1. The van der Waals surface area contributed by atoms with Gasteiger partial charge in [-0.1, -0.05) is 29.5 Å². The number of anilines is 1. The Hall–Kier alpha value is -2.22. The van der Waals surface area contributed by atoms with Gasteiger partial charge in [-0.25, -0.2) is 9.37 Å². The van der Waals surface area contributed by atoms with E-state index in [1.165, 1.54) is 29.0 Å². The number of nitrogens with zero attached hydrogens (tertiary/aromatic N) is 3. The van der Waals surface area contributed by atoms with Gasteiger partial charge in [0.15, 0.2) is 23.3 Å². The van der Waals surface area contributed by atoms with Crippen LogP contribution in [0, 0.1) is 19.7 Å². The molecule has 0 aliphatic rings. The number of aryl methyl sites for hydroxylation is 2. The molecule has 1 heterocycles. The highest BCUT2D eigenvalue weighted by atomic mass is 35.5. The Kier molecular flexibility index (Phi) is 7.96. The Labute approximate surface area is 180 Å². The molecule has 0 N–H and O–H groups in total. The molecule has 29 heavy (non-hydrogen) atoms. The Morgan fingerprint density at radius 1 is 1.14 bits per heavy atom. The highest BCUT2D eigenvalue weighted by Gasteiger charge is 2.21. The smallest absolute Gasteiger partial charge is 0.266 e. The second-order valence-corrected chi connectivity index (χ2v) is 7.93. The highest BCUT2D eigenvalue weighted by molar-refractivity contribution is 7.22. The first-order valence-electron chi connectivity index (χ1n) is 9.06. The van der Waals surface area contributed by atoms with E-state index in [2.05, 4.69) is 6.07 Å². The molecule has 156 valence electrons. The predicted octanol–water partition coefficient (Wildman–Crippen LogP) is 4.45. The number of hydrogen-bond donors (Lipinski definition) is 0. The predicted molar refractivity (Wildman–Crippen MR) is 119 cm³/mol. The number of hydrogen-bond acceptors (Lipinski definition) is 5. The standard InChI is InChI=1S/C21H24FN3O2S.ClH/c1-14-9-10-18-20(15(14)2)23-21(28-18)25(12-11-24(3)4)19(26)13-27-17-8-6-5-7-16(17)22;/h5-10H,11-13H2,1-4H3;1H. The number of para-hydroxylation sites is 1. The SMILES string of the molecule is Cc1ccc2sc(N(CCN(C)C)C(=O)COc3ccccc3F)nc2c1C.Cl. The number of fused-ring (bicyclic) bond motifs is 1. The molecule has 0 saturated carbocycles. The Morgan fingerprint density at radius 3 is 2.55 bits per heavy atom. The van der Waals surface area contributed by atoms with Gasteiger partial charge in [0.05, 0.1) is 10.2 Å². The van der Waals surface area contributed by atoms with Crippen LogP contribution >= 0.6 is 23.7 Å². The van der Waals surface area contributed by atoms with Crippen molar-refractivity contribution >= 4 is 45.0 Å². The van der Waals surface area contributed by atoms with Crippen LogP contribution in [-0.2, 0) is 4.79 Å². The molecule has 0 saturated heterocycles. The fourth-order valence-corrected chi connectivity index (χ4v) is 3.80. The summed E-state index contributed by atoms with van der Waals surface area (Å²) in [5.41, 5.74) is 3.19. The molecule has 0 fully saturated rings. The van der Waals surface area contributed by atoms with Gasteiger partial charge in [0.1, 0.15) is 0 Å². The van der Waals surface area contributed by atoms with Crippen LogP contribution in [-0.4, -0.2) is 49.6 Å². The van der Waals surface area contributed by atoms with Gasteiger partial charge in [0.25, 0.3) is 5.91 Å². The Morgan fingerprint density at radius 2 is 1.86 bits per heavy atom. The summed E-state index contributed by atoms with van der Waals surface area (Å²) in [6.45, 7) is 4.99. The van der Waals surface area contributed by atoms with E-state index in [1.807, 2.05) is 38.9 Å². The van der Waals surface area contributed by atoms with Gasteiger partial charge < -0.3 is 9.64 Å². The number of carbonyl (C=O) groups excluding carboxylic acids is 1. The summed E-state index contributed by atoms with van der Waals surface area (Å²) in [6.07, 6.45) is 0. The van der Waals surface area contributed by atoms with E-state index < -0.39 is 5.82 Å². The summed E-state index contributed by atoms with van der Waals surface area (Å²) in [6, 6.07) is 10.2. The first kappa shape index (κ1) is 23.1. The van der Waals surface area contributed by atoms with Gasteiger partial charge in [-0.3, -0.25) is 9.69 Å².